The average molecular weight is 311 g/mol. The lowest BCUT2D eigenvalue weighted by Gasteiger charge is -2.30. The quantitative estimate of drug-likeness (QED) is 0.780. The van der Waals surface area contributed by atoms with E-state index in [2.05, 4.69) is 11.3 Å². The molecule has 0 aromatic heterocycles. The number of amides is 1. The molecule has 0 aromatic rings. The van der Waals surface area contributed by atoms with Crippen molar-refractivity contribution < 1.29 is 13.2 Å². The molecule has 0 radical (unpaired) electrons. The summed E-state index contributed by atoms with van der Waals surface area (Å²) in [6, 6.07) is 0.175. The lowest BCUT2D eigenvalue weighted by molar-refractivity contribution is -0.127. The molecule has 0 fully saturated rings. The van der Waals surface area contributed by atoms with Crippen molar-refractivity contribution in [1.29, 1.82) is 0 Å². The van der Waals surface area contributed by atoms with Crippen LogP contribution in [-0.4, -0.2) is 55.3 Å². The minimum absolute atomic E-state index is 0.0234. The van der Waals surface area contributed by atoms with Crippen LogP contribution >= 0.6 is 0 Å². The number of likely N-dealkylation sites (N-methyl/N-ethyl adjacent to an activating group) is 1. The first-order valence-electron chi connectivity index (χ1n) is 7.10. The summed E-state index contributed by atoms with van der Waals surface area (Å²) in [5.41, 5.74) is 0.554. The largest absolute Gasteiger partial charge is 0.339 e. The van der Waals surface area contributed by atoms with Gasteiger partial charge in [-0.2, -0.15) is 0 Å². The molecular weight excluding hydrogens is 290 g/mol. The first kappa shape index (κ1) is 15.8. The van der Waals surface area contributed by atoms with Gasteiger partial charge < -0.3 is 9.80 Å². The van der Waals surface area contributed by atoms with E-state index in [0.717, 1.165) is 12.8 Å². The van der Waals surface area contributed by atoms with Crippen LogP contribution < -0.4 is 0 Å². The van der Waals surface area contributed by atoms with Gasteiger partial charge in [-0.3, -0.25) is 4.79 Å². The summed E-state index contributed by atoms with van der Waals surface area (Å²) < 4.78 is 26.6. The molecule has 0 N–H and O–H groups in total. The summed E-state index contributed by atoms with van der Waals surface area (Å²) in [6.07, 6.45) is 6.88. The third-order valence-electron chi connectivity index (χ3n) is 3.76. The Hall–Kier alpha value is -1.63. The van der Waals surface area contributed by atoms with E-state index >= 15 is 0 Å². The topological polar surface area (TPSA) is 70.1 Å². The number of rotatable bonds is 4. The maximum atomic E-state index is 12.4. The molecule has 7 heteroatoms. The number of hydrogen-bond donors (Lipinski definition) is 0. The summed E-state index contributed by atoms with van der Waals surface area (Å²) in [5.74, 6) is 0.298. The van der Waals surface area contributed by atoms with E-state index in [4.69, 9.17) is 0 Å². The van der Waals surface area contributed by atoms with Crippen LogP contribution in [0.2, 0.25) is 0 Å². The molecule has 21 heavy (non-hydrogen) atoms. The van der Waals surface area contributed by atoms with Crippen LogP contribution in [0.1, 0.15) is 26.7 Å². The van der Waals surface area contributed by atoms with Crippen molar-refractivity contribution in [1.82, 2.24) is 9.80 Å². The van der Waals surface area contributed by atoms with Gasteiger partial charge in [-0.25, -0.2) is 8.42 Å². The van der Waals surface area contributed by atoms with Crippen molar-refractivity contribution in [3.63, 3.8) is 0 Å². The van der Waals surface area contributed by atoms with Gasteiger partial charge >= 0.3 is 0 Å². The number of nitrogens with zero attached hydrogens (tertiary/aromatic N) is 3. The van der Waals surface area contributed by atoms with Crippen LogP contribution in [0.4, 0.5) is 0 Å². The highest BCUT2D eigenvalue weighted by atomic mass is 32.2. The van der Waals surface area contributed by atoms with Crippen molar-refractivity contribution in [2.45, 2.75) is 32.7 Å². The number of hydrogen-bond acceptors (Lipinski definition) is 4. The van der Waals surface area contributed by atoms with Crippen LogP contribution in [0, 0.1) is 0 Å². The SMILES string of the molecule is CCC[C@@H](C)N(C)C(=O)C1=CN2CCS(=O)(=O)N=C2C=C1. The minimum atomic E-state index is -3.36. The zero-order chi connectivity index (χ0) is 15.6. The highest BCUT2D eigenvalue weighted by Crippen LogP contribution is 2.18. The Balaban J connectivity index is 2.16. The van der Waals surface area contributed by atoms with Gasteiger partial charge in [-0.05, 0) is 25.5 Å². The lowest BCUT2D eigenvalue weighted by Crippen LogP contribution is -2.40. The molecule has 2 heterocycles. The molecule has 0 bridgehead atoms. The van der Waals surface area contributed by atoms with Crippen LogP contribution in [0.15, 0.2) is 28.3 Å². The second kappa shape index (κ2) is 6.01. The molecule has 0 spiro atoms. The Bertz CT molecular complexity index is 619. The van der Waals surface area contributed by atoms with Crippen molar-refractivity contribution in [2.75, 3.05) is 19.3 Å². The fraction of sp³-hybridized carbons (Fsp3) is 0.571. The van der Waals surface area contributed by atoms with Crippen molar-refractivity contribution >= 4 is 21.8 Å². The van der Waals surface area contributed by atoms with Crippen molar-refractivity contribution in [2.24, 2.45) is 4.40 Å². The van der Waals surface area contributed by atoms with Crippen LogP contribution in [0.3, 0.4) is 0 Å². The van der Waals surface area contributed by atoms with Gasteiger partial charge in [0.25, 0.3) is 15.9 Å². The third-order valence-corrected chi connectivity index (χ3v) is 4.92. The molecule has 1 atom stereocenters. The second-order valence-electron chi connectivity index (χ2n) is 5.40. The molecule has 0 saturated carbocycles. The van der Waals surface area contributed by atoms with E-state index in [1.165, 1.54) is 0 Å². The summed E-state index contributed by atoms with van der Waals surface area (Å²) in [6.45, 7) is 4.44. The molecule has 0 unspecified atom stereocenters. The first-order chi connectivity index (χ1) is 9.84. The Morgan fingerprint density at radius 1 is 1.48 bits per heavy atom. The molecule has 0 saturated heterocycles. The van der Waals surface area contributed by atoms with Crippen LogP contribution in [-0.2, 0) is 14.8 Å². The summed E-state index contributed by atoms with van der Waals surface area (Å²) in [4.78, 5) is 15.9. The average Bonchev–Trinajstić information content (AvgIpc) is 2.44. The predicted molar refractivity (Wildman–Crippen MR) is 82.3 cm³/mol. The van der Waals surface area contributed by atoms with E-state index in [0.29, 0.717) is 18.0 Å². The number of fused-ring (bicyclic) bond motifs is 1. The second-order valence-corrected chi connectivity index (χ2v) is 7.16. The van der Waals surface area contributed by atoms with E-state index < -0.39 is 10.0 Å². The summed E-state index contributed by atoms with van der Waals surface area (Å²) in [5, 5.41) is 0. The Labute approximate surface area is 125 Å². The standard InChI is InChI=1S/C14H21N3O3S/c1-4-5-11(2)16(3)14(18)12-6-7-13-15-21(19,20)9-8-17(13)10-12/h6-7,10-11H,4-5,8-9H2,1-3H3/t11-/m1/s1. The fourth-order valence-corrected chi connectivity index (χ4v) is 3.31. The number of carbonyl (C=O) groups is 1. The van der Waals surface area contributed by atoms with Gasteiger partial charge in [-0.1, -0.05) is 13.3 Å². The van der Waals surface area contributed by atoms with Gasteiger partial charge in [0.05, 0.1) is 11.3 Å². The van der Waals surface area contributed by atoms with E-state index in [9.17, 15) is 13.2 Å². The molecule has 6 nitrogen and oxygen atoms in total. The fourth-order valence-electron chi connectivity index (χ4n) is 2.34. The minimum Gasteiger partial charge on any atom is -0.339 e. The molecule has 2 aliphatic heterocycles. The monoisotopic (exact) mass is 311 g/mol. The number of carbonyl (C=O) groups excluding carboxylic acids is 1. The molecule has 0 aliphatic carbocycles. The molecule has 116 valence electrons. The summed E-state index contributed by atoms with van der Waals surface area (Å²) in [7, 11) is -1.56. The van der Waals surface area contributed by atoms with Crippen LogP contribution in [0.25, 0.3) is 0 Å². The highest BCUT2D eigenvalue weighted by molar-refractivity contribution is 7.90. The van der Waals surface area contributed by atoms with Crippen molar-refractivity contribution in [3.05, 3.63) is 23.9 Å². The Morgan fingerprint density at radius 3 is 2.86 bits per heavy atom. The zero-order valence-electron chi connectivity index (χ0n) is 12.6. The molecule has 0 aromatic carbocycles. The first-order valence-corrected chi connectivity index (χ1v) is 8.71. The van der Waals surface area contributed by atoms with Gasteiger partial charge in [0.2, 0.25) is 0 Å². The van der Waals surface area contributed by atoms with Gasteiger partial charge in [-0.15, -0.1) is 4.40 Å². The summed E-state index contributed by atoms with van der Waals surface area (Å²) >= 11 is 0. The molecule has 1 amide bonds. The normalized spacial score (nSPS) is 21.2. The predicted octanol–water partition coefficient (Wildman–Crippen LogP) is 1.13. The third kappa shape index (κ3) is 3.53. The van der Waals surface area contributed by atoms with E-state index in [1.54, 1.807) is 35.2 Å². The Morgan fingerprint density at radius 2 is 2.19 bits per heavy atom. The van der Waals surface area contributed by atoms with Crippen LogP contribution in [0.5, 0.6) is 0 Å². The number of amidine groups is 1. The van der Waals surface area contributed by atoms with E-state index in [1.807, 2.05) is 6.92 Å². The molecule has 2 aliphatic rings. The smallest absolute Gasteiger partial charge is 0.256 e. The number of sulfonamides is 1. The maximum absolute atomic E-state index is 12.4. The molecular formula is C14H21N3O3S. The highest BCUT2D eigenvalue weighted by Gasteiger charge is 2.26. The Kier molecular flexibility index (Phi) is 4.51. The van der Waals surface area contributed by atoms with Gasteiger partial charge in [0.15, 0.2) is 0 Å². The lowest BCUT2D eigenvalue weighted by atomic mass is 10.1. The zero-order valence-corrected chi connectivity index (χ0v) is 13.4. The van der Waals surface area contributed by atoms with Gasteiger partial charge in [0, 0.05) is 25.8 Å². The van der Waals surface area contributed by atoms with Gasteiger partial charge in [0.1, 0.15) is 5.84 Å². The van der Waals surface area contributed by atoms with E-state index in [-0.39, 0.29) is 17.7 Å². The molecule has 2 rings (SSSR count). The maximum Gasteiger partial charge on any atom is 0.256 e. The van der Waals surface area contributed by atoms with Crippen molar-refractivity contribution in [3.8, 4) is 0 Å².